The summed E-state index contributed by atoms with van der Waals surface area (Å²) >= 11 is 1.55. The highest BCUT2D eigenvalue weighted by atomic mass is 32.1. The van der Waals surface area contributed by atoms with Crippen molar-refractivity contribution >= 4 is 17.2 Å². The van der Waals surface area contributed by atoms with Gasteiger partial charge in [0, 0.05) is 24.0 Å². The average Bonchev–Trinajstić information content (AvgIpc) is 3.35. The van der Waals surface area contributed by atoms with Crippen LogP contribution in [0, 0.1) is 0 Å². The number of rotatable bonds is 3. The summed E-state index contributed by atoms with van der Waals surface area (Å²) in [5.74, 6) is 0.108. The van der Waals surface area contributed by atoms with E-state index in [0.29, 0.717) is 6.54 Å². The zero-order valence-electron chi connectivity index (χ0n) is 12.5. The first kappa shape index (κ1) is 14.1. The lowest BCUT2D eigenvalue weighted by Crippen LogP contribution is -2.28. The van der Waals surface area contributed by atoms with Gasteiger partial charge in [-0.15, -0.1) is 5.10 Å². The minimum absolute atomic E-state index is 0.108. The summed E-state index contributed by atoms with van der Waals surface area (Å²) in [5.41, 5.74) is 2.70. The molecule has 1 aliphatic heterocycles. The molecule has 1 saturated heterocycles. The van der Waals surface area contributed by atoms with E-state index in [1.807, 2.05) is 62.9 Å². The van der Waals surface area contributed by atoms with Gasteiger partial charge >= 0.3 is 0 Å². The quantitative estimate of drug-likeness (QED) is 0.744. The first-order valence-corrected chi connectivity index (χ1v) is 8.54. The van der Waals surface area contributed by atoms with Gasteiger partial charge in [0.25, 0.3) is 5.91 Å². The summed E-state index contributed by atoms with van der Waals surface area (Å²) in [7, 11) is 0. The summed E-state index contributed by atoms with van der Waals surface area (Å²) in [4.78, 5) is 14.3. The van der Waals surface area contributed by atoms with Gasteiger partial charge in [0.15, 0.2) is 0 Å². The van der Waals surface area contributed by atoms with E-state index in [1.165, 1.54) is 0 Å². The highest BCUT2D eigenvalue weighted by Gasteiger charge is 2.29. The lowest BCUT2D eigenvalue weighted by molar-refractivity contribution is 0.0787. The highest BCUT2D eigenvalue weighted by molar-refractivity contribution is 7.08. The van der Waals surface area contributed by atoms with Gasteiger partial charge in [-0.25, -0.2) is 4.68 Å². The zero-order valence-corrected chi connectivity index (χ0v) is 13.3. The van der Waals surface area contributed by atoms with Crippen molar-refractivity contribution < 1.29 is 4.79 Å². The maximum atomic E-state index is 12.4. The molecular formula is C17H16N4OS. The molecule has 3 aromatic rings. The van der Waals surface area contributed by atoms with Crippen molar-refractivity contribution in [2.75, 3.05) is 13.1 Å². The van der Waals surface area contributed by atoms with Crippen LogP contribution in [0.4, 0.5) is 0 Å². The molecule has 3 heterocycles. The van der Waals surface area contributed by atoms with E-state index in [2.05, 4.69) is 10.3 Å². The van der Waals surface area contributed by atoms with Crippen molar-refractivity contribution in [3.05, 3.63) is 58.9 Å². The molecule has 2 aromatic heterocycles. The minimum atomic E-state index is 0.108. The maximum absolute atomic E-state index is 12.4. The van der Waals surface area contributed by atoms with E-state index in [1.54, 1.807) is 11.3 Å². The lowest BCUT2D eigenvalue weighted by atomic mass is 10.2. The fourth-order valence-electron chi connectivity index (χ4n) is 2.91. The third-order valence-corrected chi connectivity index (χ3v) is 4.86. The van der Waals surface area contributed by atoms with Gasteiger partial charge in [-0.05, 0) is 17.9 Å². The van der Waals surface area contributed by atoms with Gasteiger partial charge in [0.2, 0.25) is 0 Å². The van der Waals surface area contributed by atoms with E-state index in [4.69, 9.17) is 0 Å². The van der Waals surface area contributed by atoms with E-state index >= 15 is 0 Å². The molecule has 0 spiro atoms. The van der Waals surface area contributed by atoms with Crippen molar-refractivity contribution in [2.45, 2.75) is 12.5 Å². The number of hydrogen-bond donors (Lipinski definition) is 0. The highest BCUT2D eigenvalue weighted by Crippen LogP contribution is 2.25. The second-order valence-corrected chi connectivity index (χ2v) is 6.44. The maximum Gasteiger partial charge on any atom is 0.254 e. The van der Waals surface area contributed by atoms with Gasteiger partial charge in [-0.2, -0.15) is 11.3 Å². The topological polar surface area (TPSA) is 51.0 Å². The summed E-state index contributed by atoms with van der Waals surface area (Å²) < 4.78 is 1.89. The van der Waals surface area contributed by atoms with Gasteiger partial charge in [-0.3, -0.25) is 4.79 Å². The Kier molecular flexibility index (Phi) is 3.67. The summed E-state index contributed by atoms with van der Waals surface area (Å²) in [5, 5.41) is 12.4. The van der Waals surface area contributed by atoms with Gasteiger partial charge in [0.05, 0.1) is 17.8 Å². The third-order valence-electron chi connectivity index (χ3n) is 4.17. The zero-order chi connectivity index (χ0) is 15.6. The third kappa shape index (κ3) is 2.77. The van der Waals surface area contributed by atoms with Crippen molar-refractivity contribution in [1.29, 1.82) is 0 Å². The first-order chi connectivity index (χ1) is 11.3. The second kappa shape index (κ2) is 5.96. The van der Waals surface area contributed by atoms with Crippen LogP contribution in [0.3, 0.4) is 0 Å². The predicted molar refractivity (Wildman–Crippen MR) is 89.3 cm³/mol. The Balaban J connectivity index is 1.48. The van der Waals surface area contributed by atoms with Crippen LogP contribution in [0.15, 0.2) is 53.4 Å². The van der Waals surface area contributed by atoms with Crippen LogP contribution in [-0.2, 0) is 0 Å². The number of thiophene rings is 1. The fourth-order valence-corrected chi connectivity index (χ4v) is 3.54. The van der Waals surface area contributed by atoms with Gasteiger partial charge in [-0.1, -0.05) is 35.5 Å². The summed E-state index contributed by atoms with van der Waals surface area (Å²) in [6, 6.07) is 12.1. The Bertz CT molecular complexity index is 797. The molecule has 0 aliphatic carbocycles. The Morgan fingerprint density at radius 2 is 2.09 bits per heavy atom. The number of hydrogen-bond acceptors (Lipinski definition) is 4. The van der Waals surface area contributed by atoms with E-state index in [-0.39, 0.29) is 11.9 Å². The molecule has 23 heavy (non-hydrogen) atoms. The molecule has 6 heteroatoms. The number of benzene rings is 1. The Labute approximate surface area is 138 Å². The van der Waals surface area contributed by atoms with Crippen molar-refractivity contribution in [2.24, 2.45) is 0 Å². The lowest BCUT2D eigenvalue weighted by Gasteiger charge is -2.15. The van der Waals surface area contributed by atoms with Crippen molar-refractivity contribution in [3.63, 3.8) is 0 Å². The van der Waals surface area contributed by atoms with E-state index in [0.717, 1.165) is 29.8 Å². The minimum Gasteiger partial charge on any atom is -0.336 e. The standard InChI is InChI=1S/C17H16N4OS/c22-17(14-7-9-23-12-14)20-8-6-15(10-20)21-11-16(18-19-21)13-4-2-1-3-5-13/h1-5,7,9,11-12,15H,6,8,10H2. The number of carbonyl (C=O) groups excluding carboxylic acids is 1. The number of nitrogens with zero attached hydrogens (tertiary/aromatic N) is 4. The van der Waals surface area contributed by atoms with Crippen LogP contribution in [-0.4, -0.2) is 38.9 Å². The molecule has 1 fully saturated rings. The Morgan fingerprint density at radius 1 is 1.22 bits per heavy atom. The molecule has 0 N–H and O–H groups in total. The van der Waals surface area contributed by atoms with E-state index < -0.39 is 0 Å². The van der Waals surface area contributed by atoms with Crippen LogP contribution in [0.25, 0.3) is 11.3 Å². The molecule has 1 aliphatic rings. The molecule has 5 nitrogen and oxygen atoms in total. The van der Waals surface area contributed by atoms with Crippen LogP contribution in [0.2, 0.25) is 0 Å². The van der Waals surface area contributed by atoms with Crippen LogP contribution in [0.5, 0.6) is 0 Å². The summed E-state index contributed by atoms with van der Waals surface area (Å²) in [6.45, 7) is 1.45. The van der Waals surface area contributed by atoms with Crippen molar-refractivity contribution in [1.82, 2.24) is 19.9 Å². The molecule has 0 saturated carbocycles. The number of carbonyl (C=O) groups is 1. The van der Waals surface area contributed by atoms with Gasteiger partial charge < -0.3 is 4.90 Å². The number of likely N-dealkylation sites (tertiary alicyclic amines) is 1. The Morgan fingerprint density at radius 3 is 2.87 bits per heavy atom. The van der Waals surface area contributed by atoms with Crippen LogP contribution < -0.4 is 0 Å². The largest absolute Gasteiger partial charge is 0.336 e. The summed E-state index contributed by atoms with van der Waals surface area (Å²) in [6.07, 6.45) is 2.88. The second-order valence-electron chi connectivity index (χ2n) is 5.66. The smallest absolute Gasteiger partial charge is 0.254 e. The predicted octanol–water partition coefficient (Wildman–Crippen LogP) is 3.09. The van der Waals surface area contributed by atoms with Crippen LogP contribution in [0.1, 0.15) is 22.8 Å². The number of amides is 1. The average molecular weight is 324 g/mol. The molecular weight excluding hydrogens is 308 g/mol. The molecule has 4 rings (SSSR count). The van der Waals surface area contributed by atoms with E-state index in [9.17, 15) is 4.79 Å². The molecule has 1 atom stereocenters. The first-order valence-electron chi connectivity index (χ1n) is 7.60. The monoisotopic (exact) mass is 324 g/mol. The SMILES string of the molecule is O=C(c1ccsc1)N1CCC(n2cc(-c3ccccc3)nn2)C1. The van der Waals surface area contributed by atoms with Gasteiger partial charge in [0.1, 0.15) is 5.69 Å². The number of aromatic nitrogens is 3. The molecule has 1 aromatic carbocycles. The molecule has 116 valence electrons. The molecule has 1 amide bonds. The normalized spacial score (nSPS) is 17.6. The van der Waals surface area contributed by atoms with Crippen LogP contribution >= 0.6 is 11.3 Å². The fraction of sp³-hybridized carbons (Fsp3) is 0.235. The molecule has 0 bridgehead atoms. The molecule has 1 unspecified atom stereocenters. The molecule has 0 radical (unpaired) electrons. The Hall–Kier alpha value is -2.47. The van der Waals surface area contributed by atoms with Crippen molar-refractivity contribution in [3.8, 4) is 11.3 Å².